The van der Waals surface area contributed by atoms with Crippen molar-refractivity contribution < 1.29 is 9.18 Å². The fraction of sp³-hybridized carbons (Fsp3) is 0.400. The topological polar surface area (TPSA) is 68.0 Å². The summed E-state index contributed by atoms with van der Waals surface area (Å²) in [5.74, 6) is -1.03. The maximum Gasteiger partial charge on any atom is 0.254 e. The average Bonchev–Trinajstić information content (AvgIpc) is 2.99. The molecule has 0 atom stereocenters. The highest BCUT2D eigenvalue weighted by Gasteiger charge is 2.42. The summed E-state index contributed by atoms with van der Waals surface area (Å²) >= 11 is 0. The fourth-order valence-corrected chi connectivity index (χ4v) is 1.40. The van der Waals surface area contributed by atoms with E-state index in [1.807, 2.05) is 0 Å². The lowest BCUT2D eigenvalue weighted by Crippen LogP contribution is -2.42. The van der Waals surface area contributed by atoms with Crippen LogP contribution in [0, 0.1) is 5.82 Å². The van der Waals surface area contributed by atoms with Gasteiger partial charge in [0.25, 0.3) is 5.91 Å². The standard InChI is InChI=1S/C10H12FN3O/c11-8-5-13-4-1-7(8)9(15)14-10(6-12)2-3-10/h1,4-5H,2-3,6,12H2,(H,14,15). The number of nitrogens with two attached hydrogens (primary N) is 1. The number of hydrogen-bond acceptors (Lipinski definition) is 3. The molecule has 15 heavy (non-hydrogen) atoms. The molecule has 1 heterocycles. The fourth-order valence-electron chi connectivity index (χ4n) is 1.40. The number of pyridine rings is 1. The van der Waals surface area contributed by atoms with E-state index in [-0.39, 0.29) is 11.1 Å². The minimum absolute atomic E-state index is 0.0183. The van der Waals surface area contributed by atoms with Gasteiger partial charge in [-0.05, 0) is 18.9 Å². The number of hydrogen-bond donors (Lipinski definition) is 2. The van der Waals surface area contributed by atoms with Gasteiger partial charge in [0.2, 0.25) is 0 Å². The first-order chi connectivity index (χ1) is 7.17. The summed E-state index contributed by atoms with van der Waals surface area (Å²) in [5, 5.41) is 2.74. The normalized spacial score (nSPS) is 17.2. The Bertz CT molecular complexity index is 390. The smallest absolute Gasteiger partial charge is 0.254 e. The molecule has 2 rings (SSSR count). The number of carbonyl (C=O) groups excluding carboxylic acids is 1. The number of nitrogens with zero attached hydrogens (tertiary/aromatic N) is 1. The Morgan fingerprint density at radius 2 is 2.40 bits per heavy atom. The molecule has 0 aliphatic heterocycles. The zero-order valence-corrected chi connectivity index (χ0v) is 8.16. The van der Waals surface area contributed by atoms with E-state index < -0.39 is 11.7 Å². The van der Waals surface area contributed by atoms with Crippen molar-refractivity contribution >= 4 is 5.91 Å². The lowest BCUT2D eigenvalue weighted by Gasteiger charge is -2.14. The number of nitrogens with one attached hydrogen (secondary N) is 1. The summed E-state index contributed by atoms with van der Waals surface area (Å²) in [6, 6.07) is 1.36. The third kappa shape index (κ3) is 1.97. The average molecular weight is 209 g/mol. The molecule has 0 unspecified atom stereocenters. The van der Waals surface area contributed by atoms with Gasteiger partial charge in [-0.1, -0.05) is 0 Å². The zero-order chi connectivity index (χ0) is 10.9. The Kier molecular flexibility index (Phi) is 2.40. The first-order valence-electron chi connectivity index (χ1n) is 4.79. The van der Waals surface area contributed by atoms with Gasteiger partial charge in [-0.2, -0.15) is 0 Å². The van der Waals surface area contributed by atoms with E-state index in [1.165, 1.54) is 12.3 Å². The van der Waals surface area contributed by atoms with Crippen LogP contribution in [0.5, 0.6) is 0 Å². The second-order valence-corrected chi connectivity index (χ2v) is 3.79. The third-order valence-corrected chi connectivity index (χ3v) is 2.64. The molecule has 0 radical (unpaired) electrons. The van der Waals surface area contributed by atoms with Crippen LogP contribution in [0.2, 0.25) is 0 Å². The van der Waals surface area contributed by atoms with Crippen LogP contribution in [0.25, 0.3) is 0 Å². The zero-order valence-electron chi connectivity index (χ0n) is 8.16. The van der Waals surface area contributed by atoms with E-state index in [0.717, 1.165) is 19.0 Å². The van der Waals surface area contributed by atoms with E-state index in [2.05, 4.69) is 10.3 Å². The van der Waals surface area contributed by atoms with Crippen molar-refractivity contribution in [3.8, 4) is 0 Å². The molecular formula is C10H12FN3O. The number of amides is 1. The molecule has 1 fully saturated rings. The first kappa shape index (κ1) is 10.0. The van der Waals surface area contributed by atoms with Crippen molar-refractivity contribution in [2.45, 2.75) is 18.4 Å². The van der Waals surface area contributed by atoms with Gasteiger partial charge in [-0.25, -0.2) is 4.39 Å². The Hall–Kier alpha value is -1.49. The van der Waals surface area contributed by atoms with Gasteiger partial charge >= 0.3 is 0 Å². The maximum absolute atomic E-state index is 13.2. The number of aromatic nitrogens is 1. The number of carbonyl (C=O) groups is 1. The van der Waals surface area contributed by atoms with Gasteiger partial charge in [-0.15, -0.1) is 0 Å². The lowest BCUT2D eigenvalue weighted by atomic mass is 10.2. The van der Waals surface area contributed by atoms with Crippen LogP contribution in [0.1, 0.15) is 23.2 Å². The first-order valence-corrected chi connectivity index (χ1v) is 4.79. The summed E-state index contributed by atoms with van der Waals surface area (Å²) in [7, 11) is 0. The molecule has 0 bridgehead atoms. The van der Waals surface area contributed by atoms with Gasteiger partial charge in [0, 0.05) is 12.7 Å². The van der Waals surface area contributed by atoms with E-state index in [0.29, 0.717) is 6.54 Å². The van der Waals surface area contributed by atoms with Crippen molar-refractivity contribution in [2.75, 3.05) is 6.54 Å². The summed E-state index contributed by atoms with van der Waals surface area (Å²) in [4.78, 5) is 15.2. The molecule has 3 N–H and O–H groups in total. The molecule has 1 aromatic rings. The van der Waals surface area contributed by atoms with Crippen LogP contribution < -0.4 is 11.1 Å². The van der Waals surface area contributed by atoms with Crippen molar-refractivity contribution in [1.82, 2.24) is 10.3 Å². The van der Waals surface area contributed by atoms with Gasteiger partial charge in [-0.3, -0.25) is 9.78 Å². The minimum Gasteiger partial charge on any atom is -0.345 e. The number of halogens is 1. The molecule has 1 saturated carbocycles. The number of rotatable bonds is 3. The second kappa shape index (κ2) is 3.58. The molecule has 1 aliphatic carbocycles. The van der Waals surface area contributed by atoms with E-state index in [1.54, 1.807) is 0 Å². The van der Waals surface area contributed by atoms with E-state index in [9.17, 15) is 9.18 Å². The van der Waals surface area contributed by atoms with Gasteiger partial charge in [0.15, 0.2) is 5.82 Å². The summed E-state index contributed by atoms with van der Waals surface area (Å²) < 4.78 is 13.2. The molecule has 1 aliphatic rings. The maximum atomic E-state index is 13.2. The monoisotopic (exact) mass is 209 g/mol. The van der Waals surface area contributed by atoms with E-state index >= 15 is 0 Å². The van der Waals surface area contributed by atoms with Crippen LogP contribution in [-0.2, 0) is 0 Å². The summed E-state index contributed by atoms with van der Waals surface area (Å²) in [5.41, 5.74) is 5.23. The predicted octanol–water partition coefficient (Wildman–Crippen LogP) is 0.442. The van der Waals surface area contributed by atoms with Crippen molar-refractivity contribution in [3.05, 3.63) is 29.8 Å². The van der Waals surface area contributed by atoms with Crippen LogP contribution in [-0.4, -0.2) is 23.0 Å². The van der Waals surface area contributed by atoms with E-state index in [4.69, 9.17) is 5.73 Å². The Balaban J connectivity index is 2.12. The highest BCUT2D eigenvalue weighted by atomic mass is 19.1. The van der Waals surface area contributed by atoms with Crippen molar-refractivity contribution in [1.29, 1.82) is 0 Å². The quantitative estimate of drug-likeness (QED) is 0.759. The van der Waals surface area contributed by atoms with Crippen LogP contribution >= 0.6 is 0 Å². The Morgan fingerprint density at radius 1 is 1.67 bits per heavy atom. The van der Waals surface area contributed by atoms with Crippen molar-refractivity contribution in [3.63, 3.8) is 0 Å². The molecule has 0 aromatic carbocycles. The Morgan fingerprint density at radius 3 is 2.93 bits per heavy atom. The van der Waals surface area contributed by atoms with Crippen molar-refractivity contribution in [2.24, 2.45) is 5.73 Å². The molecule has 0 saturated heterocycles. The SMILES string of the molecule is NCC1(NC(=O)c2ccncc2F)CC1. The summed E-state index contributed by atoms with van der Waals surface area (Å²) in [6.45, 7) is 0.394. The van der Waals surface area contributed by atoms with Crippen LogP contribution in [0.3, 0.4) is 0 Å². The highest BCUT2D eigenvalue weighted by Crippen LogP contribution is 2.34. The third-order valence-electron chi connectivity index (χ3n) is 2.64. The van der Waals surface area contributed by atoms with Gasteiger partial charge in [0.05, 0.1) is 17.3 Å². The second-order valence-electron chi connectivity index (χ2n) is 3.79. The van der Waals surface area contributed by atoms with Crippen LogP contribution in [0.15, 0.2) is 18.5 Å². The lowest BCUT2D eigenvalue weighted by molar-refractivity contribution is 0.0929. The van der Waals surface area contributed by atoms with Gasteiger partial charge in [0.1, 0.15) is 0 Å². The van der Waals surface area contributed by atoms with Gasteiger partial charge < -0.3 is 11.1 Å². The highest BCUT2D eigenvalue weighted by molar-refractivity contribution is 5.95. The molecule has 1 amide bonds. The molecule has 1 aromatic heterocycles. The van der Waals surface area contributed by atoms with Crippen LogP contribution in [0.4, 0.5) is 4.39 Å². The largest absolute Gasteiger partial charge is 0.345 e. The molecule has 80 valence electrons. The Labute approximate surface area is 86.7 Å². The summed E-state index contributed by atoms with van der Waals surface area (Å²) in [6.07, 6.45) is 4.14. The molecular weight excluding hydrogens is 197 g/mol. The molecule has 5 heteroatoms. The minimum atomic E-state index is -0.608. The molecule has 0 spiro atoms. The predicted molar refractivity (Wildman–Crippen MR) is 52.7 cm³/mol. The molecule has 4 nitrogen and oxygen atoms in total.